The van der Waals surface area contributed by atoms with Crippen molar-refractivity contribution in [2.75, 3.05) is 11.5 Å². The largest absolute Gasteiger partial charge is 0.345 e. The van der Waals surface area contributed by atoms with Crippen LogP contribution in [-0.4, -0.2) is 32.9 Å². The minimum Gasteiger partial charge on any atom is -0.345 e. The minimum atomic E-state index is -3.87. The van der Waals surface area contributed by atoms with E-state index >= 15 is 0 Å². The van der Waals surface area contributed by atoms with E-state index in [1.54, 1.807) is 35.8 Å². The molecule has 1 aromatic heterocycles. The van der Waals surface area contributed by atoms with Crippen LogP contribution in [0.3, 0.4) is 0 Å². The molecule has 20 heavy (non-hydrogen) atoms. The monoisotopic (exact) mass is 335 g/mol. The summed E-state index contributed by atoms with van der Waals surface area (Å²) in [6, 6.07) is 6.85. The quantitative estimate of drug-likeness (QED) is 0.783. The van der Waals surface area contributed by atoms with Crippen LogP contribution in [0.2, 0.25) is 0 Å². The van der Waals surface area contributed by atoms with Crippen LogP contribution in [0.15, 0.2) is 35.4 Å². The van der Waals surface area contributed by atoms with Crippen LogP contribution in [0.1, 0.15) is 6.92 Å². The van der Waals surface area contributed by atoms with Gasteiger partial charge in [0.2, 0.25) is 0 Å². The Morgan fingerprint density at radius 2 is 1.80 bits per heavy atom. The summed E-state index contributed by atoms with van der Waals surface area (Å²) in [4.78, 5) is 0.00339. The molecule has 0 atom stereocenters. The number of sulfone groups is 1. The molecule has 0 N–H and O–H groups in total. The molecular formula is C12H14ClNO4S2. The average molecular weight is 336 g/mol. The second-order valence-corrected chi connectivity index (χ2v) is 9.39. The summed E-state index contributed by atoms with van der Waals surface area (Å²) < 4.78 is 47.8. The molecule has 0 radical (unpaired) electrons. The highest BCUT2D eigenvalue weighted by molar-refractivity contribution is 8.14. The van der Waals surface area contributed by atoms with Gasteiger partial charge in [-0.3, -0.25) is 0 Å². The lowest BCUT2D eigenvalue weighted by molar-refractivity contribution is 0.591. The number of aromatic nitrogens is 1. The summed E-state index contributed by atoms with van der Waals surface area (Å²) in [5, 5.41) is 0.497. The van der Waals surface area contributed by atoms with Crippen LogP contribution in [-0.2, 0) is 25.4 Å². The van der Waals surface area contributed by atoms with Crippen molar-refractivity contribution in [1.82, 2.24) is 4.57 Å². The molecule has 1 heterocycles. The van der Waals surface area contributed by atoms with Crippen molar-refractivity contribution in [3.8, 4) is 0 Å². The lowest BCUT2D eigenvalue weighted by Gasteiger charge is -2.05. The molecular weight excluding hydrogens is 322 g/mol. The van der Waals surface area contributed by atoms with Crippen molar-refractivity contribution in [3.63, 3.8) is 0 Å². The van der Waals surface area contributed by atoms with E-state index in [0.29, 0.717) is 10.9 Å². The molecule has 0 bridgehead atoms. The van der Waals surface area contributed by atoms with Gasteiger partial charge < -0.3 is 4.57 Å². The van der Waals surface area contributed by atoms with E-state index in [0.717, 1.165) is 0 Å². The molecule has 0 spiro atoms. The summed E-state index contributed by atoms with van der Waals surface area (Å²) >= 11 is 0. The molecule has 0 unspecified atom stereocenters. The van der Waals surface area contributed by atoms with Crippen molar-refractivity contribution < 1.29 is 16.8 Å². The number of hydrogen-bond donors (Lipinski definition) is 0. The molecule has 5 nitrogen and oxygen atoms in total. The number of para-hydroxylation sites is 1. The molecule has 110 valence electrons. The Labute approximate surface area is 122 Å². The van der Waals surface area contributed by atoms with E-state index in [9.17, 15) is 16.8 Å². The first kappa shape index (κ1) is 15.3. The molecule has 2 aromatic rings. The Bertz CT molecular complexity index is 837. The van der Waals surface area contributed by atoms with Gasteiger partial charge in [-0.25, -0.2) is 16.8 Å². The van der Waals surface area contributed by atoms with Gasteiger partial charge in [-0.15, -0.1) is 0 Å². The molecule has 0 aliphatic rings. The topological polar surface area (TPSA) is 73.2 Å². The van der Waals surface area contributed by atoms with Crippen molar-refractivity contribution in [2.45, 2.75) is 18.4 Å². The number of benzene rings is 1. The van der Waals surface area contributed by atoms with Crippen LogP contribution < -0.4 is 0 Å². The zero-order valence-corrected chi connectivity index (χ0v) is 13.2. The maximum absolute atomic E-state index is 11.6. The Kier molecular flexibility index (Phi) is 4.13. The number of halogens is 1. The standard InChI is InChI=1S/C12H14ClNO4S2/c1-2-19(15,16)8-7-14-9-12(20(13,17)18)10-5-3-4-6-11(10)14/h3-6,9H,2,7-8H2,1H3. The molecule has 0 fully saturated rings. The van der Waals surface area contributed by atoms with E-state index in [-0.39, 0.29) is 22.9 Å². The average Bonchev–Trinajstić information content (AvgIpc) is 2.75. The second kappa shape index (κ2) is 5.38. The van der Waals surface area contributed by atoms with Gasteiger partial charge in [-0.05, 0) is 6.07 Å². The van der Waals surface area contributed by atoms with Gasteiger partial charge in [-0.1, -0.05) is 25.1 Å². The molecule has 8 heteroatoms. The third kappa shape index (κ3) is 3.16. The van der Waals surface area contributed by atoms with Crippen molar-refractivity contribution >= 4 is 40.5 Å². The van der Waals surface area contributed by atoms with Crippen LogP contribution >= 0.6 is 10.7 Å². The van der Waals surface area contributed by atoms with Gasteiger partial charge in [0, 0.05) is 40.1 Å². The summed E-state index contributed by atoms with van der Waals surface area (Å²) in [6.45, 7) is 1.78. The highest BCUT2D eigenvalue weighted by Crippen LogP contribution is 2.27. The van der Waals surface area contributed by atoms with E-state index < -0.39 is 18.9 Å². The summed E-state index contributed by atoms with van der Waals surface area (Å²) in [7, 11) is -1.57. The fraction of sp³-hybridized carbons (Fsp3) is 0.333. The van der Waals surface area contributed by atoms with Crippen LogP contribution in [0, 0.1) is 0 Å². The first-order valence-electron chi connectivity index (χ1n) is 5.97. The van der Waals surface area contributed by atoms with Crippen molar-refractivity contribution in [1.29, 1.82) is 0 Å². The molecule has 0 saturated heterocycles. The third-order valence-corrected chi connectivity index (χ3v) is 6.13. The first-order valence-corrected chi connectivity index (χ1v) is 10.1. The van der Waals surface area contributed by atoms with Crippen molar-refractivity contribution in [2.24, 2.45) is 0 Å². The van der Waals surface area contributed by atoms with Crippen LogP contribution in [0.5, 0.6) is 0 Å². The molecule has 2 rings (SSSR count). The normalized spacial score (nSPS) is 12.9. The Hall–Kier alpha value is -1.05. The Morgan fingerprint density at radius 1 is 1.15 bits per heavy atom. The van der Waals surface area contributed by atoms with E-state index in [2.05, 4.69) is 0 Å². The highest BCUT2D eigenvalue weighted by atomic mass is 35.7. The number of aryl methyl sites for hydroxylation is 1. The Balaban J connectivity index is 2.50. The SMILES string of the molecule is CCS(=O)(=O)CCn1cc(S(=O)(=O)Cl)c2ccccc21. The van der Waals surface area contributed by atoms with Crippen LogP contribution in [0.4, 0.5) is 0 Å². The summed E-state index contributed by atoms with van der Waals surface area (Å²) in [5.74, 6) is 0.0246. The Morgan fingerprint density at radius 3 is 2.40 bits per heavy atom. The van der Waals surface area contributed by atoms with Gasteiger partial charge in [0.15, 0.2) is 9.84 Å². The van der Waals surface area contributed by atoms with E-state index in [1.165, 1.54) is 6.20 Å². The molecule has 0 aliphatic carbocycles. The zero-order valence-electron chi connectivity index (χ0n) is 10.8. The lowest BCUT2D eigenvalue weighted by Crippen LogP contribution is -2.14. The molecule has 0 saturated carbocycles. The highest BCUT2D eigenvalue weighted by Gasteiger charge is 2.19. The van der Waals surface area contributed by atoms with Gasteiger partial charge in [0.05, 0.1) is 5.75 Å². The molecule has 1 aromatic carbocycles. The van der Waals surface area contributed by atoms with Crippen molar-refractivity contribution in [3.05, 3.63) is 30.5 Å². The zero-order chi connectivity index (χ0) is 15.0. The number of hydrogen-bond acceptors (Lipinski definition) is 4. The molecule has 0 aliphatic heterocycles. The summed E-state index contributed by atoms with van der Waals surface area (Å²) in [6.07, 6.45) is 1.39. The van der Waals surface area contributed by atoms with Gasteiger partial charge in [0.1, 0.15) is 4.90 Å². The van der Waals surface area contributed by atoms with Gasteiger partial charge in [0.25, 0.3) is 9.05 Å². The predicted molar refractivity (Wildman–Crippen MR) is 79.3 cm³/mol. The lowest BCUT2D eigenvalue weighted by atomic mass is 10.2. The fourth-order valence-corrected chi connectivity index (χ4v) is 3.80. The number of rotatable bonds is 5. The first-order chi connectivity index (χ1) is 9.24. The molecule has 0 amide bonds. The second-order valence-electron chi connectivity index (χ2n) is 4.38. The minimum absolute atomic E-state index is 0.00339. The third-order valence-electron chi connectivity index (χ3n) is 3.10. The van der Waals surface area contributed by atoms with E-state index in [4.69, 9.17) is 10.7 Å². The van der Waals surface area contributed by atoms with Crippen LogP contribution in [0.25, 0.3) is 10.9 Å². The van der Waals surface area contributed by atoms with Gasteiger partial charge >= 0.3 is 0 Å². The smallest absolute Gasteiger partial charge is 0.263 e. The number of fused-ring (bicyclic) bond motifs is 1. The maximum atomic E-state index is 11.6. The number of nitrogens with zero attached hydrogens (tertiary/aromatic N) is 1. The van der Waals surface area contributed by atoms with Gasteiger partial charge in [-0.2, -0.15) is 0 Å². The predicted octanol–water partition coefficient (Wildman–Crippen LogP) is 2.00. The summed E-state index contributed by atoms with van der Waals surface area (Å²) in [5.41, 5.74) is 0.651. The maximum Gasteiger partial charge on any atom is 0.263 e. The fourth-order valence-electron chi connectivity index (χ4n) is 1.97. The van der Waals surface area contributed by atoms with E-state index in [1.807, 2.05) is 0 Å².